The molecule has 0 heterocycles. The Morgan fingerprint density at radius 1 is 0.479 bits per heavy atom. The number of amides is 1. The molecule has 4 heteroatoms. The van der Waals surface area contributed by atoms with Gasteiger partial charge in [-0.2, -0.15) is 0 Å². The van der Waals surface area contributed by atoms with Gasteiger partial charge in [0.15, 0.2) is 0 Å². The Hall–Kier alpha value is -1.65. The minimum atomic E-state index is -0.869. The summed E-state index contributed by atoms with van der Waals surface area (Å²) in [5.74, 6) is -0.0807. The van der Waals surface area contributed by atoms with Crippen LogP contribution in [0.2, 0.25) is 0 Å². The molecule has 0 saturated carbocycles. The van der Waals surface area contributed by atoms with E-state index in [0.29, 0.717) is 6.42 Å². The van der Waals surface area contributed by atoms with Crippen LogP contribution in [-0.2, 0) is 4.79 Å². The Bertz CT molecular complexity index is 771. The van der Waals surface area contributed by atoms with Crippen LogP contribution in [0.1, 0.15) is 206 Å². The van der Waals surface area contributed by atoms with Crippen LogP contribution < -0.4 is 5.32 Å². The van der Waals surface area contributed by atoms with Crippen LogP contribution >= 0.6 is 0 Å². The molecule has 280 valence electrons. The van der Waals surface area contributed by atoms with Gasteiger partial charge in [0.1, 0.15) is 0 Å². The number of allylic oxidation sites excluding steroid dienone is 7. The second-order valence-electron chi connectivity index (χ2n) is 14.0. The topological polar surface area (TPSA) is 69.6 Å². The molecule has 0 aromatic heterocycles. The number of hydrogen-bond donors (Lipinski definition) is 3. The van der Waals surface area contributed by atoms with Crippen molar-refractivity contribution in [2.24, 2.45) is 0 Å². The van der Waals surface area contributed by atoms with E-state index in [1.165, 1.54) is 148 Å². The Kier molecular flexibility index (Phi) is 38.4. The maximum Gasteiger partial charge on any atom is 0.220 e. The number of carbonyl (C=O) groups is 1. The number of hydrogen-bond acceptors (Lipinski definition) is 3. The lowest BCUT2D eigenvalue weighted by Gasteiger charge is -2.19. The molecular formula is C44H81NO3. The molecule has 3 N–H and O–H groups in total. The Morgan fingerprint density at radius 3 is 1.25 bits per heavy atom. The number of aliphatic hydroxyl groups is 2. The van der Waals surface area contributed by atoms with Crippen molar-refractivity contribution in [1.29, 1.82) is 0 Å². The zero-order valence-corrected chi connectivity index (χ0v) is 32.0. The largest absolute Gasteiger partial charge is 0.394 e. The lowest BCUT2D eigenvalue weighted by Crippen LogP contribution is -2.45. The standard InChI is InChI=1S/C44H81NO3/c1-3-5-7-9-11-13-15-17-18-19-20-21-22-23-24-25-26-28-30-32-34-36-38-40-44(48)45-42(41-46)43(47)39-37-35-33-31-29-27-16-14-12-10-8-6-4-2/h12,14,19-20,29,31,37,39,42-43,46-47H,3-11,13,15-18,21-28,30,32-36,38,40-41H2,1-2H3,(H,45,48)/b14-12+,20-19-,31-29+,39-37+. The molecule has 2 atom stereocenters. The molecule has 48 heavy (non-hydrogen) atoms. The van der Waals surface area contributed by atoms with Gasteiger partial charge in [0.25, 0.3) is 0 Å². The van der Waals surface area contributed by atoms with E-state index in [9.17, 15) is 15.0 Å². The second-order valence-corrected chi connectivity index (χ2v) is 14.0. The van der Waals surface area contributed by atoms with Crippen molar-refractivity contribution in [2.75, 3.05) is 6.61 Å². The minimum absolute atomic E-state index is 0.0807. The van der Waals surface area contributed by atoms with Gasteiger partial charge in [-0.1, -0.05) is 178 Å². The van der Waals surface area contributed by atoms with Gasteiger partial charge in [0, 0.05) is 6.42 Å². The minimum Gasteiger partial charge on any atom is -0.394 e. The summed E-state index contributed by atoms with van der Waals surface area (Å²) in [5.41, 5.74) is 0. The van der Waals surface area contributed by atoms with Crippen LogP contribution in [0.5, 0.6) is 0 Å². The van der Waals surface area contributed by atoms with E-state index in [2.05, 4.69) is 55.6 Å². The summed E-state index contributed by atoms with van der Waals surface area (Å²) in [5, 5.41) is 22.9. The van der Waals surface area contributed by atoms with Crippen molar-refractivity contribution in [3.05, 3.63) is 48.6 Å². The molecule has 0 aromatic carbocycles. The van der Waals surface area contributed by atoms with E-state index >= 15 is 0 Å². The number of nitrogens with one attached hydrogen (secondary N) is 1. The molecule has 0 rings (SSSR count). The fourth-order valence-corrected chi connectivity index (χ4v) is 6.03. The molecule has 0 fully saturated rings. The van der Waals surface area contributed by atoms with Gasteiger partial charge in [0.05, 0.1) is 18.8 Å². The summed E-state index contributed by atoms with van der Waals surface area (Å²) in [6.45, 7) is 4.25. The maximum absolute atomic E-state index is 12.3. The third kappa shape index (κ3) is 35.7. The van der Waals surface area contributed by atoms with E-state index in [-0.39, 0.29) is 12.5 Å². The smallest absolute Gasteiger partial charge is 0.220 e. The molecule has 0 aliphatic carbocycles. The summed E-state index contributed by atoms with van der Waals surface area (Å²) in [6, 6.07) is -0.644. The third-order valence-electron chi connectivity index (χ3n) is 9.26. The van der Waals surface area contributed by atoms with Gasteiger partial charge in [-0.05, 0) is 70.6 Å². The van der Waals surface area contributed by atoms with Crippen LogP contribution in [0.4, 0.5) is 0 Å². The van der Waals surface area contributed by atoms with Crippen LogP contribution in [0.15, 0.2) is 48.6 Å². The van der Waals surface area contributed by atoms with Crippen molar-refractivity contribution in [2.45, 2.75) is 219 Å². The maximum atomic E-state index is 12.3. The highest BCUT2D eigenvalue weighted by Crippen LogP contribution is 2.14. The quantitative estimate of drug-likeness (QED) is 0.0455. The fourth-order valence-electron chi connectivity index (χ4n) is 6.03. The number of aliphatic hydroxyl groups excluding tert-OH is 2. The molecule has 0 spiro atoms. The first kappa shape index (κ1) is 46.4. The molecule has 0 aliphatic heterocycles. The van der Waals surface area contributed by atoms with E-state index in [1.54, 1.807) is 6.08 Å². The van der Waals surface area contributed by atoms with Crippen LogP contribution in [0, 0.1) is 0 Å². The summed E-state index contributed by atoms with van der Waals surface area (Å²) in [7, 11) is 0. The van der Waals surface area contributed by atoms with Gasteiger partial charge in [0.2, 0.25) is 5.91 Å². The number of carbonyl (C=O) groups excluding carboxylic acids is 1. The zero-order chi connectivity index (χ0) is 35.0. The molecule has 4 nitrogen and oxygen atoms in total. The monoisotopic (exact) mass is 672 g/mol. The molecule has 0 radical (unpaired) electrons. The van der Waals surface area contributed by atoms with Crippen molar-refractivity contribution < 1.29 is 15.0 Å². The SMILES string of the molecule is CCCCC/C=C/CC/C=C/CC/C=C/C(O)C(CO)NC(=O)CCCCCCCCCCCCC/C=C\CCCCCCCCCC. The molecule has 1 amide bonds. The van der Waals surface area contributed by atoms with Gasteiger partial charge in [-0.3, -0.25) is 4.79 Å². The first-order valence-corrected chi connectivity index (χ1v) is 20.9. The molecule has 2 unspecified atom stereocenters. The second kappa shape index (κ2) is 39.8. The van der Waals surface area contributed by atoms with Gasteiger partial charge < -0.3 is 15.5 Å². The van der Waals surface area contributed by atoms with E-state index in [4.69, 9.17) is 0 Å². The molecule has 0 saturated heterocycles. The van der Waals surface area contributed by atoms with Crippen molar-refractivity contribution in [3.8, 4) is 0 Å². The highest BCUT2D eigenvalue weighted by atomic mass is 16.3. The normalized spacial score (nSPS) is 13.5. The zero-order valence-electron chi connectivity index (χ0n) is 32.0. The van der Waals surface area contributed by atoms with Crippen molar-refractivity contribution in [3.63, 3.8) is 0 Å². The van der Waals surface area contributed by atoms with E-state index < -0.39 is 12.1 Å². The summed E-state index contributed by atoms with van der Waals surface area (Å²) in [4.78, 5) is 12.3. The molecule has 0 bridgehead atoms. The Balaban J connectivity index is 3.59. The number of unbranched alkanes of at least 4 members (excludes halogenated alkanes) is 24. The van der Waals surface area contributed by atoms with Crippen LogP contribution in [-0.4, -0.2) is 34.9 Å². The number of rotatable bonds is 37. The van der Waals surface area contributed by atoms with Crippen molar-refractivity contribution >= 4 is 5.91 Å². The van der Waals surface area contributed by atoms with Crippen LogP contribution in [0.3, 0.4) is 0 Å². The molecule has 0 aromatic rings. The van der Waals surface area contributed by atoms with Gasteiger partial charge in [-0.15, -0.1) is 0 Å². The predicted octanol–water partition coefficient (Wildman–Crippen LogP) is 12.8. The van der Waals surface area contributed by atoms with Crippen LogP contribution in [0.25, 0.3) is 0 Å². The predicted molar refractivity (Wildman–Crippen MR) is 211 cm³/mol. The molecule has 0 aliphatic rings. The third-order valence-corrected chi connectivity index (χ3v) is 9.26. The van der Waals surface area contributed by atoms with Gasteiger partial charge >= 0.3 is 0 Å². The lowest BCUT2D eigenvalue weighted by atomic mass is 10.0. The lowest BCUT2D eigenvalue weighted by molar-refractivity contribution is -0.123. The Morgan fingerprint density at radius 2 is 0.812 bits per heavy atom. The first-order chi connectivity index (χ1) is 23.7. The van der Waals surface area contributed by atoms with E-state index in [0.717, 1.165) is 38.5 Å². The summed E-state index contributed by atoms with van der Waals surface area (Å²) < 4.78 is 0. The fraction of sp³-hybridized carbons (Fsp3) is 0.795. The average molecular weight is 672 g/mol. The summed E-state index contributed by atoms with van der Waals surface area (Å²) in [6.07, 6.45) is 53.6. The van der Waals surface area contributed by atoms with E-state index in [1.807, 2.05) is 6.08 Å². The Labute approximate surface area is 299 Å². The highest BCUT2D eigenvalue weighted by Gasteiger charge is 2.17. The summed E-state index contributed by atoms with van der Waals surface area (Å²) >= 11 is 0. The first-order valence-electron chi connectivity index (χ1n) is 20.9. The average Bonchev–Trinajstić information content (AvgIpc) is 3.09. The highest BCUT2D eigenvalue weighted by molar-refractivity contribution is 5.76. The van der Waals surface area contributed by atoms with Gasteiger partial charge in [-0.25, -0.2) is 0 Å². The molecular weight excluding hydrogens is 590 g/mol. The van der Waals surface area contributed by atoms with Crippen molar-refractivity contribution in [1.82, 2.24) is 5.32 Å².